The normalized spacial score (nSPS) is 21.4. The van der Waals surface area contributed by atoms with Gasteiger partial charge in [0.05, 0.1) is 0 Å². The van der Waals surface area contributed by atoms with Crippen molar-refractivity contribution in [3.8, 4) is 0 Å². The van der Waals surface area contributed by atoms with Gasteiger partial charge in [0.25, 0.3) is 0 Å². The van der Waals surface area contributed by atoms with Gasteiger partial charge in [-0.15, -0.1) is 0 Å². The van der Waals surface area contributed by atoms with Crippen molar-refractivity contribution in [3.63, 3.8) is 0 Å². The average molecular weight is 328 g/mol. The van der Waals surface area contributed by atoms with E-state index in [1.807, 2.05) is 0 Å². The highest BCUT2D eigenvalue weighted by Gasteiger charge is 2.38. The van der Waals surface area contributed by atoms with Gasteiger partial charge in [-0.3, -0.25) is 4.79 Å². The Bertz CT molecular complexity index is 548. The van der Waals surface area contributed by atoms with Crippen LogP contribution in [0.25, 0.3) is 0 Å². The van der Waals surface area contributed by atoms with E-state index in [0.29, 0.717) is 29.6 Å². The fourth-order valence-electron chi connectivity index (χ4n) is 4.17. The molecule has 3 rings (SSSR count). The van der Waals surface area contributed by atoms with Gasteiger partial charge in [-0.05, 0) is 54.2 Å². The molecule has 2 heterocycles. The van der Waals surface area contributed by atoms with Gasteiger partial charge in [-0.25, -0.2) is 0 Å². The first-order valence-corrected chi connectivity index (χ1v) is 9.57. The first-order chi connectivity index (χ1) is 11.5. The van der Waals surface area contributed by atoms with Crippen LogP contribution in [0.15, 0.2) is 24.3 Å². The van der Waals surface area contributed by atoms with Crippen LogP contribution in [0.3, 0.4) is 0 Å². The lowest BCUT2D eigenvalue weighted by Crippen LogP contribution is -2.44. The SMILES string of the molecule is CC(C)c1ccc(C(C)CC(=O)N2CCC3(CCNC3)CC2)cc1. The van der Waals surface area contributed by atoms with Crippen LogP contribution in [0.2, 0.25) is 0 Å². The summed E-state index contributed by atoms with van der Waals surface area (Å²) in [5, 5.41) is 3.49. The van der Waals surface area contributed by atoms with Gasteiger partial charge >= 0.3 is 0 Å². The van der Waals surface area contributed by atoms with Crippen molar-refractivity contribution < 1.29 is 4.79 Å². The average Bonchev–Trinajstić information content (AvgIpc) is 3.03. The first kappa shape index (κ1) is 17.5. The number of piperidine rings is 1. The van der Waals surface area contributed by atoms with Crippen molar-refractivity contribution in [2.75, 3.05) is 26.2 Å². The predicted molar refractivity (Wildman–Crippen MR) is 99.3 cm³/mol. The lowest BCUT2D eigenvalue weighted by Gasteiger charge is -2.39. The summed E-state index contributed by atoms with van der Waals surface area (Å²) in [5.74, 6) is 1.18. The van der Waals surface area contributed by atoms with E-state index in [1.54, 1.807) is 0 Å². The van der Waals surface area contributed by atoms with E-state index in [-0.39, 0.29) is 0 Å². The van der Waals surface area contributed by atoms with Crippen molar-refractivity contribution in [1.82, 2.24) is 10.2 Å². The Hall–Kier alpha value is -1.35. The van der Waals surface area contributed by atoms with Crippen LogP contribution < -0.4 is 5.32 Å². The fourth-order valence-corrected chi connectivity index (χ4v) is 4.17. The van der Waals surface area contributed by atoms with Crippen LogP contribution in [0, 0.1) is 5.41 Å². The molecular weight excluding hydrogens is 296 g/mol. The van der Waals surface area contributed by atoms with E-state index in [1.165, 1.54) is 30.4 Å². The second-order valence-corrected chi connectivity index (χ2v) is 8.23. The molecule has 1 unspecified atom stereocenters. The molecule has 2 aliphatic rings. The minimum absolute atomic E-state index is 0.294. The number of carbonyl (C=O) groups is 1. The molecule has 2 fully saturated rings. The molecule has 0 bridgehead atoms. The van der Waals surface area contributed by atoms with Crippen LogP contribution >= 0.6 is 0 Å². The standard InChI is InChI=1S/C21H32N2O/c1-16(2)18-4-6-19(7-5-18)17(3)14-20(24)23-12-9-21(10-13-23)8-11-22-15-21/h4-7,16-17,22H,8-15H2,1-3H3. The topological polar surface area (TPSA) is 32.3 Å². The van der Waals surface area contributed by atoms with Gasteiger partial charge in [-0.2, -0.15) is 0 Å². The van der Waals surface area contributed by atoms with Crippen molar-refractivity contribution in [1.29, 1.82) is 0 Å². The van der Waals surface area contributed by atoms with Crippen molar-refractivity contribution in [2.24, 2.45) is 5.41 Å². The van der Waals surface area contributed by atoms with E-state index in [9.17, 15) is 4.79 Å². The first-order valence-electron chi connectivity index (χ1n) is 9.57. The molecule has 24 heavy (non-hydrogen) atoms. The van der Waals surface area contributed by atoms with Gasteiger partial charge in [0.15, 0.2) is 0 Å². The molecule has 132 valence electrons. The Morgan fingerprint density at radius 2 is 1.71 bits per heavy atom. The molecule has 3 nitrogen and oxygen atoms in total. The molecule has 1 aromatic rings. The molecule has 2 saturated heterocycles. The number of hydrogen-bond acceptors (Lipinski definition) is 2. The lowest BCUT2D eigenvalue weighted by molar-refractivity contribution is -0.133. The summed E-state index contributed by atoms with van der Waals surface area (Å²) in [7, 11) is 0. The fraction of sp³-hybridized carbons (Fsp3) is 0.667. The minimum atomic E-state index is 0.294. The molecular formula is C21H32N2O. The maximum absolute atomic E-state index is 12.7. The summed E-state index contributed by atoms with van der Waals surface area (Å²) in [5.41, 5.74) is 3.12. The Morgan fingerprint density at radius 1 is 1.08 bits per heavy atom. The number of benzene rings is 1. The highest BCUT2D eigenvalue weighted by Crippen LogP contribution is 2.37. The molecule has 0 aliphatic carbocycles. The number of nitrogens with zero attached hydrogens (tertiary/aromatic N) is 1. The minimum Gasteiger partial charge on any atom is -0.343 e. The van der Waals surface area contributed by atoms with Crippen LogP contribution in [0.4, 0.5) is 0 Å². The number of rotatable bonds is 4. The highest BCUT2D eigenvalue weighted by atomic mass is 16.2. The lowest BCUT2D eigenvalue weighted by atomic mass is 9.77. The molecule has 1 aromatic carbocycles. The molecule has 1 N–H and O–H groups in total. The van der Waals surface area contributed by atoms with Gasteiger partial charge in [0.1, 0.15) is 0 Å². The number of amides is 1. The number of likely N-dealkylation sites (tertiary alicyclic amines) is 1. The van der Waals surface area contributed by atoms with E-state index in [4.69, 9.17) is 0 Å². The molecule has 0 saturated carbocycles. The Kier molecular flexibility index (Phi) is 5.29. The van der Waals surface area contributed by atoms with Crippen LogP contribution in [0.5, 0.6) is 0 Å². The summed E-state index contributed by atoms with van der Waals surface area (Å²) in [4.78, 5) is 14.8. The van der Waals surface area contributed by atoms with Crippen molar-refractivity contribution in [3.05, 3.63) is 35.4 Å². The largest absolute Gasteiger partial charge is 0.343 e. The summed E-state index contributed by atoms with van der Waals surface area (Å²) in [6.07, 6.45) is 4.26. The quantitative estimate of drug-likeness (QED) is 0.909. The van der Waals surface area contributed by atoms with E-state index < -0.39 is 0 Å². The Morgan fingerprint density at radius 3 is 2.25 bits per heavy atom. The molecule has 1 spiro atoms. The van der Waals surface area contributed by atoms with Crippen molar-refractivity contribution >= 4 is 5.91 Å². The van der Waals surface area contributed by atoms with Gasteiger partial charge in [0.2, 0.25) is 5.91 Å². The van der Waals surface area contributed by atoms with Crippen LogP contribution in [-0.4, -0.2) is 37.0 Å². The van der Waals surface area contributed by atoms with E-state index in [2.05, 4.69) is 55.3 Å². The monoisotopic (exact) mass is 328 g/mol. The van der Waals surface area contributed by atoms with E-state index >= 15 is 0 Å². The van der Waals surface area contributed by atoms with Gasteiger partial charge in [0, 0.05) is 26.1 Å². The Labute approximate surface area is 146 Å². The summed E-state index contributed by atoms with van der Waals surface area (Å²) in [6.45, 7) is 10.8. The Balaban J connectivity index is 1.52. The smallest absolute Gasteiger partial charge is 0.223 e. The zero-order chi connectivity index (χ0) is 17.2. The summed E-state index contributed by atoms with van der Waals surface area (Å²) < 4.78 is 0. The third-order valence-corrected chi connectivity index (χ3v) is 6.16. The summed E-state index contributed by atoms with van der Waals surface area (Å²) >= 11 is 0. The second kappa shape index (κ2) is 7.26. The second-order valence-electron chi connectivity index (χ2n) is 8.23. The molecule has 0 radical (unpaired) electrons. The van der Waals surface area contributed by atoms with Gasteiger partial charge in [-0.1, -0.05) is 45.0 Å². The third kappa shape index (κ3) is 3.83. The molecule has 0 aromatic heterocycles. The van der Waals surface area contributed by atoms with Crippen molar-refractivity contribution in [2.45, 2.75) is 58.3 Å². The maximum Gasteiger partial charge on any atom is 0.223 e. The maximum atomic E-state index is 12.7. The zero-order valence-electron chi connectivity index (χ0n) is 15.5. The highest BCUT2D eigenvalue weighted by molar-refractivity contribution is 5.77. The van der Waals surface area contributed by atoms with E-state index in [0.717, 1.165) is 26.2 Å². The van der Waals surface area contributed by atoms with Crippen LogP contribution in [-0.2, 0) is 4.79 Å². The van der Waals surface area contributed by atoms with Crippen LogP contribution in [0.1, 0.15) is 69.4 Å². The molecule has 1 atom stereocenters. The number of carbonyl (C=O) groups excluding carboxylic acids is 1. The zero-order valence-corrected chi connectivity index (χ0v) is 15.5. The predicted octanol–water partition coefficient (Wildman–Crippen LogP) is 3.91. The number of nitrogens with one attached hydrogen (secondary N) is 1. The molecule has 1 amide bonds. The molecule has 3 heteroatoms. The summed E-state index contributed by atoms with van der Waals surface area (Å²) in [6, 6.07) is 8.81. The number of hydrogen-bond donors (Lipinski definition) is 1. The molecule has 2 aliphatic heterocycles. The van der Waals surface area contributed by atoms with Gasteiger partial charge < -0.3 is 10.2 Å². The third-order valence-electron chi connectivity index (χ3n) is 6.16.